The minimum Gasteiger partial charge on any atom is -0.384 e. The molecule has 1 heterocycles. The number of anilines is 1. The topological polar surface area (TPSA) is 28.2 Å². The first kappa shape index (κ1) is 16.5. The SMILES string of the molecule is Cc1cc(NCCCN(C)Cc2ccccc2)c2ccccc2n1. The molecule has 0 aliphatic carbocycles. The highest BCUT2D eigenvalue weighted by Crippen LogP contribution is 2.22. The average Bonchev–Trinajstić information content (AvgIpc) is 2.59. The molecule has 3 heteroatoms. The molecule has 3 nitrogen and oxygen atoms in total. The van der Waals surface area contributed by atoms with E-state index in [-0.39, 0.29) is 0 Å². The molecule has 3 aromatic rings. The Bertz CT molecular complexity index is 783. The third-order valence-electron chi connectivity index (χ3n) is 4.17. The molecule has 0 atom stereocenters. The van der Waals surface area contributed by atoms with Gasteiger partial charge >= 0.3 is 0 Å². The van der Waals surface area contributed by atoms with Crippen LogP contribution < -0.4 is 5.32 Å². The second-order valence-electron chi connectivity index (χ2n) is 6.33. The number of hydrogen-bond acceptors (Lipinski definition) is 3. The van der Waals surface area contributed by atoms with Crippen LogP contribution in [0.25, 0.3) is 10.9 Å². The van der Waals surface area contributed by atoms with E-state index < -0.39 is 0 Å². The molecule has 0 fully saturated rings. The van der Waals surface area contributed by atoms with Gasteiger partial charge in [-0.1, -0.05) is 48.5 Å². The molecule has 0 amide bonds. The van der Waals surface area contributed by atoms with Crippen LogP contribution in [0.1, 0.15) is 17.7 Å². The zero-order valence-electron chi connectivity index (χ0n) is 14.5. The van der Waals surface area contributed by atoms with Gasteiger partial charge in [0.25, 0.3) is 0 Å². The van der Waals surface area contributed by atoms with Crippen LogP contribution in [0.2, 0.25) is 0 Å². The van der Waals surface area contributed by atoms with Crippen molar-refractivity contribution in [3.63, 3.8) is 0 Å². The molecule has 0 spiro atoms. The van der Waals surface area contributed by atoms with Crippen molar-refractivity contribution in [2.24, 2.45) is 0 Å². The third-order valence-corrected chi connectivity index (χ3v) is 4.17. The summed E-state index contributed by atoms with van der Waals surface area (Å²) in [7, 11) is 2.18. The van der Waals surface area contributed by atoms with Crippen LogP contribution in [0.5, 0.6) is 0 Å². The highest BCUT2D eigenvalue weighted by atomic mass is 15.1. The van der Waals surface area contributed by atoms with Crippen molar-refractivity contribution in [2.75, 3.05) is 25.5 Å². The van der Waals surface area contributed by atoms with E-state index in [1.54, 1.807) is 0 Å². The second-order valence-corrected chi connectivity index (χ2v) is 6.33. The van der Waals surface area contributed by atoms with Crippen molar-refractivity contribution >= 4 is 16.6 Å². The van der Waals surface area contributed by atoms with Gasteiger partial charge in [0, 0.05) is 29.9 Å². The number of fused-ring (bicyclic) bond motifs is 1. The quantitative estimate of drug-likeness (QED) is 0.651. The van der Waals surface area contributed by atoms with Crippen LogP contribution in [-0.2, 0) is 6.54 Å². The Morgan fingerprint density at radius 2 is 1.75 bits per heavy atom. The van der Waals surface area contributed by atoms with Gasteiger partial charge in [-0.05, 0) is 44.6 Å². The molecule has 0 saturated carbocycles. The molecule has 0 unspecified atom stereocenters. The number of para-hydroxylation sites is 1. The highest BCUT2D eigenvalue weighted by molar-refractivity contribution is 5.91. The zero-order chi connectivity index (χ0) is 16.8. The Hall–Kier alpha value is -2.39. The molecular weight excluding hydrogens is 294 g/mol. The van der Waals surface area contributed by atoms with Crippen LogP contribution >= 0.6 is 0 Å². The normalized spacial score (nSPS) is 11.1. The number of benzene rings is 2. The van der Waals surface area contributed by atoms with Crippen LogP contribution in [0, 0.1) is 6.92 Å². The minimum atomic E-state index is 0.965. The zero-order valence-corrected chi connectivity index (χ0v) is 14.5. The van der Waals surface area contributed by atoms with Crippen LogP contribution in [0.4, 0.5) is 5.69 Å². The standard InChI is InChI=1S/C21H25N3/c1-17-15-21(19-11-6-7-12-20(19)23-17)22-13-8-14-24(2)16-18-9-4-3-5-10-18/h3-7,9-12,15H,8,13-14,16H2,1-2H3,(H,22,23). The van der Waals surface area contributed by atoms with Gasteiger partial charge in [-0.2, -0.15) is 0 Å². The van der Waals surface area contributed by atoms with Gasteiger partial charge < -0.3 is 10.2 Å². The maximum atomic E-state index is 4.59. The molecule has 124 valence electrons. The minimum absolute atomic E-state index is 0.965. The summed E-state index contributed by atoms with van der Waals surface area (Å²) in [5.41, 5.74) is 4.66. The first-order valence-electron chi connectivity index (χ1n) is 8.55. The van der Waals surface area contributed by atoms with E-state index in [2.05, 4.69) is 76.8 Å². The van der Waals surface area contributed by atoms with E-state index in [1.807, 2.05) is 13.0 Å². The van der Waals surface area contributed by atoms with E-state index in [0.29, 0.717) is 0 Å². The fourth-order valence-corrected chi connectivity index (χ4v) is 3.00. The summed E-state index contributed by atoms with van der Waals surface area (Å²) in [6.07, 6.45) is 1.11. The lowest BCUT2D eigenvalue weighted by Gasteiger charge is -2.17. The molecule has 0 aliphatic heterocycles. The number of hydrogen-bond donors (Lipinski definition) is 1. The Kier molecular flexibility index (Phi) is 5.44. The van der Waals surface area contributed by atoms with Crippen LogP contribution in [-0.4, -0.2) is 30.0 Å². The number of pyridine rings is 1. The Morgan fingerprint density at radius 3 is 2.58 bits per heavy atom. The fourth-order valence-electron chi connectivity index (χ4n) is 3.00. The van der Waals surface area contributed by atoms with Gasteiger partial charge in [-0.3, -0.25) is 4.98 Å². The first-order valence-corrected chi connectivity index (χ1v) is 8.55. The van der Waals surface area contributed by atoms with Gasteiger partial charge in [0.2, 0.25) is 0 Å². The Labute approximate surface area is 144 Å². The second kappa shape index (κ2) is 7.93. The van der Waals surface area contributed by atoms with Gasteiger partial charge in [0.1, 0.15) is 0 Å². The molecule has 0 bridgehead atoms. The predicted octanol–water partition coefficient (Wildman–Crippen LogP) is 4.48. The summed E-state index contributed by atoms with van der Waals surface area (Å²) in [4.78, 5) is 6.96. The maximum absolute atomic E-state index is 4.59. The fraction of sp³-hybridized carbons (Fsp3) is 0.286. The largest absolute Gasteiger partial charge is 0.384 e. The van der Waals surface area contributed by atoms with Crippen molar-refractivity contribution < 1.29 is 0 Å². The number of nitrogens with zero attached hydrogens (tertiary/aromatic N) is 2. The summed E-state index contributed by atoms with van der Waals surface area (Å²) in [6.45, 7) is 5.08. The van der Waals surface area contributed by atoms with E-state index in [4.69, 9.17) is 0 Å². The Balaban J connectivity index is 1.52. The lowest BCUT2D eigenvalue weighted by molar-refractivity contribution is 0.325. The van der Waals surface area contributed by atoms with Gasteiger partial charge in [0.15, 0.2) is 0 Å². The van der Waals surface area contributed by atoms with E-state index in [1.165, 1.54) is 16.6 Å². The van der Waals surface area contributed by atoms with E-state index >= 15 is 0 Å². The molecule has 1 N–H and O–H groups in total. The van der Waals surface area contributed by atoms with Crippen molar-refractivity contribution in [1.82, 2.24) is 9.88 Å². The Morgan fingerprint density at radius 1 is 1.00 bits per heavy atom. The van der Waals surface area contributed by atoms with E-state index in [9.17, 15) is 0 Å². The van der Waals surface area contributed by atoms with Crippen molar-refractivity contribution in [3.05, 3.63) is 71.9 Å². The number of rotatable bonds is 7. The smallest absolute Gasteiger partial charge is 0.0725 e. The molecule has 1 aromatic heterocycles. The summed E-state index contributed by atoms with van der Waals surface area (Å²) < 4.78 is 0. The summed E-state index contributed by atoms with van der Waals surface area (Å²) in [5.74, 6) is 0. The summed E-state index contributed by atoms with van der Waals surface area (Å²) in [5, 5.41) is 4.78. The number of aromatic nitrogens is 1. The molecule has 0 radical (unpaired) electrons. The van der Waals surface area contributed by atoms with Gasteiger partial charge in [-0.15, -0.1) is 0 Å². The van der Waals surface area contributed by atoms with Gasteiger partial charge in [0.05, 0.1) is 5.52 Å². The molecule has 0 aliphatic rings. The molecule has 24 heavy (non-hydrogen) atoms. The number of aryl methyl sites for hydroxylation is 1. The number of nitrogens with one attached hydrogen (secondary N) is 1. The average molecular weight is 319 g/mol. The first-order chi connectivity index (χ1) is 11.7. The van der Waals surface area contributed by atoms with Crippen LogP contribution in [0.15, 0.2) is 60.7 Å². The predicted molar refractivity (Wildman–Crippen MR) is 102 cm³/mol. The third kappa shape index (κ3) is 4.33. The lowest BCUT2D eigenvalue weighted by atomic mass is 10.1. The molecule has 2 aromatic carbocycles. The van der Waals surface area contributed by atoms with Crippen molar-refractivity contribution in [2.45, 2.75) is 19.9 Å². The highest BCUT2D eigenvalue weighted by Gasteiger charge is 2.04. The summed E-state index contributed by atoms with van der Waals surface area (Å²) >= 11 is 0. The van der Waals surface area contributed by atoms with Crippen LogP contribution in [0.3, 0.4) is 0 Å². The van der Waals surface area contributed by atoms with Crippen molar-refractivity contribution in [3.8, 4) is 0 Å². The molecule has 0 saturated heterocycles. The maximum Gasteiger partial charge on any atom is 0.0725 e. The molecular formula is C21H25N3. The van der Waals surface area contributed by atoms with Crippen molar-refractivity contribution in [1.29, 1.82) is 0 Å². The van der Waals surface area contributed by atoms with Gasteiger partial charge in [-0.25, -0.2) is 0 Å². The monoisotopic (exact) mass is 319 g/mol. The van der Waals surface area contributed by atoms with E-state index in [0.717, 1.165) is 37.3 Å². The summed E-state index contributed by atoms with van der Waals surface area (Å²) in [6, 6.07) is 21.1. The lowest BCUT2D eigenvalue weighted by Crippen LogP contribution is -2.21. The molecule has 3 rings (SSSR count).